The molecule has 0 atom stereocenters. The molecule has 1 aromatic carbocycles. The number of hydrogen-bond donors (Lipinski definition) is 1. The SMILES string of the molecule is Cc1ccc(-c2nnc(SCC(=O)Nc3nc(C)c(C)s3)n2C)cc1. The predicted molar refractivity (Wildman–Crippen MR) is 102 cm³/mol. The van der Waals surface area contributed by atoms with Crippen LogP contribution in [0.25, 0.3) is 11.4 Å². The van der Waals surface area contributed by atoms with Gasteiger partial charge >= 0.3 is 0 Å². The van der Waals surface area contributed by atoms with Crippen LogP contribution in [0.1, 0.15) is 16.1 Å². The van der Waals surface area contributed by atoms with Crippen LogP contribution in [0.15, 0.2) is 29.4 Å². The number of benzene rings is 1. The minimum Gasteiger partial charge on any atom is -0.305 e. The first kappa shape index (κ1) is 17.6. The molecule has 0 aliphatic heterocycles. The fourth-order valence-electron chi connectivity index (χ4n) is 2.21. The second-order valence-electron chi connectivity index (χ2n) is 5.73. The van der Waals surface area contributed by atoms with Crippen LogP contribution in [0.2, 0.25) is 0 Å². The van der Waals surface area contributed by atoms with Gasteiger partial charge in [-0.05, 0) is 20.8 Å². The fourth-order valence-corrected chi connectivity index (χ4v) is 3.75. The molecule has 0 saturated carbocycles. The molecule has 2 heterocycles. The maximum absolute atomic E-state index is 12.1. The molecule has 0 fully saturated rings. The summed E-state index contributed by atoms with van der Waals surface area (Å²) < 4.78 is 1.90. The molecular formula is C17H19N5OS2. The minimum atomic E-state index is -0.0985. The van der Waals surface area contributed by atoms with Crippen molar-refractivity contribution in [1.82, 2.24) is 19.7 Å². The second kappa shape index (κ2) is 7.37. The van der Waals surface area contributed by atoms with Gasteiger partial charge in [0.15, 0.2) is 16.1 Å². The number of nitrogens with zero attached hydrogens (tertiary/aromatic N) is 4. The van der Waals surface area contributed by atoms with Gasteiger partial charge < -0.3 is 9.88 Å². The Labute approximate surface area is 154 Å². The first-order valence-electron chi connectivity index (χ1n) is 7.77. The zero-order valence-corrected chi connectivity index (χ0v) is 16.2. The molecule has 0 radical (unpaired) electrons. The van der Waals surface area contributed by atoms with Gasteiger partial charge in [-0.3, -0.25) is 4.79 Å². The van der Waals surface area contributed by atoms with E-state index < -0.39 is 0 Å². The van der Waals surface area contributed by atoms with E-state index in [9.17, 15) is 4.79 Å². The quantitative estimate of drug-likeness (QED) is 0.692. The van der Waals surface area contributed by atoms with Crippen LogP contribution in [-0.4, -0.2) is 31.4 Å². The number of rotatable bonds is 5. The topological polar surface area (TPSA) is 72.7 Å². The van der Waals surface area contributed by atoms with Crippen molar-refractivity contribution in [3.8, 4) is 11.4 Å². The number of carbonyl (C=O) groups is 1. The Hall–Kier alpha value is -2.19. The smallest absolute Gasteiger partial charge is 0.236 e. The van der Waals surface area contributed by atoms with E-state index in [4.69, 9.17) is 0 Å². The summed E-state index contributed by atoms with van der Waals surface area (Å²) in [6.45, 7) is 5.97. The average molecular weight is 374 g/mol. The lowest BCUT2D eigenvalue weighted by Crippen LogP contribution is -2.14. The third-order valence-corrected chi connectivity index (χ3v) is 5.76. The highest BCUT2D eigenvalue weighted by atomic mass is 32.2. The lowest BCUT2D eigenvalue weighted by atomic mass is 10.1. The predicted octanol–water partition coefficient (Wildman–Crippen LogP) is 3.59. The molecule has 8 heteroatoms. The molecule has 25 heavy (non-hydrogen) atoms. The number of aryl methyl sites for hydroxylation is 3. The Morgan fingerprint density at radius 1 is 1.20 bits per heavy atom. The number of thioether (sulfide) groups is 1. The normalized spacial score (nSPS) is 10.9. The van der Waals surface area contributed by atoms with Gasteiger partial charge in [-0.25, -0.2) is 4.98 Å². The molecule has 1 N–H and O–H groups in total. The summed E-state index contributed by atoms with van der Waals surface area (Å²) in [5, 5.41) is 12.6. The van der Waals surface area contributed by atoms with Crippen molar-refractivity contribution >= 4 is 34.1 Å². The summed E-state index contributed by atoms with van der Waals surface area (Å²) in [7, 11) is 1.91. The molecular weight excluding hydrogens is 354 g/mol. The largest absolute Gasteiger partial charge is 0.305 e. The van der Waals surface area contributed by atoms with Crippen LogP contribution >= 0.6 is 23.1 Å². The van der Waals surface area contributed by atoms with E-state index in [1.54, 1.807) is 0 Å². The minimum absolute atomic E-state index is 0.0985. The van der Waals surface area contributed by atoms with Gasteiger partial charge in [-0.2, -0.15) is 0 Å². The van der Waals surface area contributed by atoms with Crippen LogP contribution in [-0.2, 0) is 11.8 Å². The fraction of sp³-hybridized carbons (Fsp3) is 0.294. The molecule has 0 bridgehead atoms. The van der Waals surface area contributed by atoms with Crippen molar-refractivity contribution in [3.05, 3.63) is 40.4 Å². The van der Waals surface area contributed by atoms with Crippen molar-refractivity contribution in [2.75, 3.05) is 11.1 Å². The third-order valence-electron chi connectivity index (χ3n) is 3.75. The average Bonchev–Trinajstić information content (AvgIpc) is 3.09. The van der Waals surface area contributed by atoms with Crippen LogP contribution < -0.4 is 5.32 Å². The monoisotopic (exact) mass is 373 g/mol. The highest BCUT2D eigenvalue weighted by Gasteiger charge is 2.14. The number of carbonyl (C=O) groups excluding carboxylic acids is 1. The summed E-state index contributed by atoms with van der Waals surface area (Å²) in [6.07, 6.45) is 0. The zero-order chi connectivity index (χ0) is 18.0. The molecule has 0 saturated heterocycles. The lowest BCUT2D eigenvalue weighted by Gasteiger charge is -2.04. The van der Waals surface area contributed by atoms with Crippen molar-refractivity contribution in [1.29, 1.82) is 0 Å². The van der Waals surface area contributed by atoms with E-state index in [2.05, 4.69) is 20.5 Å². The molecule has 0 aliphatic rings. The van der Waals surface area contributed by atoms with Gasteiger partial charge in [-0.15, -0.1) is 21.5 Å². The summed E-state index contributed by atoms with van der Waals surface area (Å²) in [4.78, 5) is 17.5. The van der Waals surface area contributed by atoms with E-state index in [0.29, 0.717) is 10.3 Å². The molecule has 0 spiro atoms. The Morgan fingerprint density at radius 3 is 2.56 bits per heavy atom. The number of thiazole rings is 1. The maximum atomic E-state index is 12.1. The highest BCUT2D eigenvalue weighted by molar-refractivity contribution is 7.99. The van der Waals surface area contributed by atoms with Crippen LogP contribution in [0, 0.1) is 20.8 Å². The molecule has 1 amide bonds. The Balaban J connectivity index is 1.63. The standard InChI is InChI=1S/C17H19N5OS2/c1-10-5-7-13(8-6-10)15-20-21-17(22(15)4)24-9-14(23)19-16-18-11(2)12(3)25-16/h5-8H,9H2,1-4H3,(H,18,19,23). The first-order valence-corrected chi connectivity index (χ1v) is 9.57. The molecule has 6 nitrogen and oxygen atoms in total. The summed E-state index contributed by atoms with van der Waals surface area (Å²) in [5.74, 6) is 0.949. The molecule has 0 unspecified atom stereocenters. The van der Waals surface area contributed by atoms with Gasteiger partial charge in [0.1, 0.15) is 0 Å². The summed E-state index contributed by atoms with van der Waals surface area (Å²) >= 11 is 2.84. The lowest BCUT2D eigenvalue weighted by molar-refractivity contribution is -0.113. The van der Waals surface area contributed by atoms with Crippen molar-refractivity contribution in [2.45, 2.75) is 25.9 Å². The van der Waals surface area contributed by atoms with Gasteiger partial charge in [0.2, 0.25) is 5.91 Å². The number of nitrogens with one attached hydrogen (secondary N) is 1. The molecule has 3 aromatic rings. The first-order chi connectivity index (χ1) is 11.9. The molecule has 3 rings (SSSR count). The Bertz CT molecular complexity index is 879. The van der Waals surface area contributed by atoms with E-state index in [-0.39, 0.29) is 11.7 Å². The number of hydrogen-bond acceptors (Lipinski definition) is 6. The zero-order valence-electron chi connectivity index (χ0n) is 14.5. The van der Waals surface area contributed by atoms with E-state index in [0.717, 1.165) is 22.0 Å². The molecule has 2 aromatic heterocycles. The van der Waals surface area contributed by atoms with Gasteiger partial charge in [0, 0.05) is 17.5 Å². The van der Waals surface area contributed by atoms with Gasteiger partial charge in [0.25, 0.3) is 0 Å². The van der Waals surface area contributed by atoms with E-state index >= 15 is 0 Å². The van der Waals surface area contributed by atoms with Crippen LogP contribution in [0.5, 0.6) is 0 Å². The molecule has 130 valence electrons. The van der Waals surface area contributed by atoms with Crippen LogP contribution in [0.3, 0.4) is 0 Å². The Kier molecular flexibility index (Phi) is 5.19. The Morgan fingerprint density at radius 2 is 1.92 bits per heavy atom. The van der Waals surface area contributed by atoms with Crippen molar-refractivity contribution < 1.29 is 4.79 Å². The summed E-state index contributed by atoms with van der Waals surface area (Å²) in [5.41, 5.74) is 3.15. The summed E-state index contributed by atoms with van der Waals surface area (Å²) in [6, 6.07) is 8.13. The van der Waals surface area contributed by atoms with E-state index in [1.165, 1.54) is 28.7 Å². The number of anilines is 1. The van der Waals surface area contributed by atoms with Crippen LogP contribution in [0.4, 0.5) is 5.13 Å². The van der Waals surface area contributed by atoms with E-state index in [1.807, 2.05) is 56.7 Å². The molecule has 0 aliphatic carbocycles. The van der Waals surface area contributed by atoms with Crippen molar-refractivity contribution in [3.63, 3.8) is 0 Å². The highest BCUT2D eigenvalue weighted by Crippen LogP contribution is 2.24. The maximum Gasteiger partial charge on any atom is 0.236 e. The van der Waals surface area contributed by atoms with Crippen molar-refractivity contribution in [2.24, 2.45) is 7.05 Å². The number of aromatic nitrogens is 4. The second-order valence-corrected chi connectivity index (χ2v) is 7.87. The van der Waals surface area contributed by atoms with Gasteiger partial charge in [0.05, 0.1) is 11.4 Å². The number of amides is 1. The third kappa shape index (κ3) is 4.08. The van der Waals surface area contributed by atoms with Gasteiger partial charge in [-0.1, -0.05) is 41.6 Å².